The summed E-state index contributed by atoms with van der Waals surface area (Å²) in [5.74, 6) is 0.329. The zero-order chi connectivity index (χ0) is 14.0. The summed E-state index contributed by atoms with van der Waals surface area (Å²) >= 11 is 0. The number of hydrogen-bond donors (Lipinski definition) is 1. The van der Waals surface area contributed by atoms with Crippen molar-refractivity contribution in [2.45, 2.75) is 19.4 Å². The third kappa shape index (κ3) is 2.48. The molecule has 1 aliphatic rings. The van der Waals surface area contributed by atoms with Crippen molar-refractivity contribution in [3.8, 4) is 6.07 Å². The highest BCUT2D eigenvalue weighted by Crippen LogP contribution is 2.31. The van der Waals surface area contributed by atoms with Gasteiger partial charge >= 0.3 is 5.69 Å². The van der Waals surface area contributed by atoms with Gasteiger partial charge in [0.25, 0.3) is 0 Å². The second-order valence-electron chi connectivity index (χ2n) is 5.08. The van der Waals surface area contributed by atoms with E-state index in [1.165, 1.54) is 12.3 Å². The minimum absolute atomic E-state index is 0.117. The monoisotopic (exact) mass is 261 g/mol. The number of nitriles is 1. The van der Waals surface area contributed by atoms with Gasteiger partial charge in [0, 0.05) is 37.4 Å². The van der Waals surface area contributed by atoms with E-state index in [1.54, 1.807) is 0 Å². The maximum atomic E-state index is 11.2. The van der Waals surface area contributed by atoms with Crippen LogP contribution >= 0.6 is 0 Å². The third-order valence-electron chi connectivity index (χ3n) is 3.23. The first-order valence-corrected chi connectivity index (χ1v) is 5.98. The van der Waals surface area contributed by atoms with E-state index in [-0.39, 0.29) is 16.8 Å². The lowest BCUT2D eigenvalue weighted by atomic mass is 10.00. The SMILES string of the molecule is CC1(C)CNCCN1c1ncc(C#N)cc1[N+](=O)[O-]. The number of rotatable bonds is 2. The minimum Gasteiger partial charge on any atom is -0.343 e. The van der Waals surface area contributed by atoms with Crippen LogP contribution in [0.25, 0.3) is 0 Å². The van der Waals surface area contributed by atoms with Gasteiger partial charge in [-0.05, 0) is 13.8 Å². The molecule has 0 atom stereocenters. The van der Waals surface area contributed by atoms with E-state index in [1.807, 2.05) is 24.8 Å². The highest BCUT2D eigenvalue weighted by Gasteiger charge is 2.34. The molecule has 7 heteroatoms. The summed E-state index contributed by atoms with van der Waals surface area (Å²) in [6, 6.07) is 3.15. The van der Waals surface area contributed by atoms with Crippen molar-refractivity contribution in [1.29, 1.82) is 5.26 Å². The maximum absolute atomic E-state index is 11.2. The standard InChI is InChI=1S/C12H15N5O2/c1-12(2)8-14-3-4-16(12)11-10(17(18)19)5-9(6-13)7-15-11/h5,7,14H,3-4,8H2,1-2H3. The molecule has 0 aliphatic carbocycles. The van der Waals surface area contributed by atoms with Gasteiger partial charge in [-0.25, -0.2) is 4.98 Å². The minimum atomic E-state index is -0.485. The van der Waals surface area contributed by atoms with E-state index in [4.69, 9.17) is 5.26 Å². The first kappa shape index (κ1) is 13.2. The Kier molecular flexibility index (Phi) is 3.36. The Bertz CT molecular complexity index is 550. The molecule has 1 N–H and O–H groups in total. The molecule has 0 saturated carbocycles. The van der Waals surface area contributed by atoms with Crippen molar-refractivity contribution in [2.24, 2.45) is 0 Å². The molecule has 1 saturated heterocycles. The van der Waals surface area contributed by atoms with Gasteiger partial charge in [0.1, 0.15) is 6.07 Å². The van der Waals surface area contributed by atoms with Gasteiger partial charge in [-0.3, -0.25) is 10.1 Å². The van der Waals surface area contributed by atoms with Crippen LogP contribution in [0.5, 0.6) is 0 Å². The van der Waals surface area contributed by atoms with Crippen molar-refractivity contribution in [1.82, 2.24) is 10.3 Å². The average Bonchev–Trinajstić information content (AvgIpc) is 2.37. The number of nitro groups is 1. The summed E-state index contributed by atoms with van der Waals surface area (Å²) in [7, 11) is 0. The number of hydrogen-bond acceptors (Lipinski definition) is 6. The molecule has 19 heavy (non-hydrogen) atoms. The van der Waals surface area contributed by atoms with Gasteiger partial charge in [0.05, 0.1) is 10.5 Å². The fourth-order valence-corrected chi connectivity index (χ4v) is 2.23. The van der Waals surface area contributed by atoms with Crippen molar-refractivity contribution in [3.05, 3.63) is 27.9 Å². The normalized spacial score (nSPS) is 17.8. The van der Waals surface area contributed by atoms with Crippen molar-refractivity contribution >= 4 is 11.5 Å². The quantitative estimate of drug-likeness (QED) is 0.631. The fraction of sp³-hybridized carbons (Fsp3) is 0.500. The summed E-state index contributed by atoms with van der Waals surface area (Å²) in [4.78, 5) is 16.7. The van der Waals surface area contributed by atoms with Crippen LogP contribution < -0.4 is 10.2 Å². The molecule has 0 bridgehead atoms. The average molecular weight is 261 g/mol. The molecule has 0 radical (unpaired) electrons. The molecule has 0 unspecified atom stereocenters. The molecular weight excluding hydrogens is 246 g/mol. The highest BCUT2D eigenvalue weighted by atomic mass is 16.6. The van der Waals surface area contributed by atoms with Crippen LogP contribution in [-0.4, -0.2) is 35.1 Å². The Morgan fingerprint density at radius 3 is 2.95 bits per heavy atom. The largest absolute Gasteiger partial charge is 0.343 e. The van der Waals surface area contributed by atoms with Crippen LogP contribution in [0.1, 0.15) is 19.4 Å². The smallest absolute Gasteiger partial charge is 0.312 e. The Morgan fingerprint density at radius 2 is 2.37 bits per heavy atom. The predicted molar refractivity (Wildman–Crippen MR) is 69.9 cm³/mol. The number of nitrogens with zero attached hydrogens (tertiary/aromatic N) is 4. The Labute approximate surface area is 111 Å². The van der Waals surface area contributed by atoms with Gasteiger partial charge in [0.2, 0.25) is 5.82 Å². The third-order valence-corrected chi connectivity index (χ3v) is 3.23. The van der Waals surface area contributed by atoms with E-state index in [2.05, 4.69) is 10.3 Å². The zero-order valence-electron chi connectivity index (χ0n) is 10.9. The lowest BCUT2D eigenvalue weighted by Gasteiger charge is -2.43. The van der Waals surface area contributed by atoms with E-state index < -0.39 is 4.92 Å². The molecule has 1 fully saturated rings. The summed E-state index contributed by atoms with van der Waals surface area (Å²) in [5, 5.41) is 23.2. The maximum Gasteiger partial charge on any atom is 0.312 e. The van der Waals surface area contributed by atoms with Gasteiger partial charge < -0.3 is 10.2 Å². The van der Waals surface area contributed by atoms with Crippen LogP contribution in [0.3, 0.4) is 0 Å². The number of anilines is 1. The van der Waals surface area contributed by atoms with Crippen molar-refractivity contribution < 1.29 is 4.92 Å². The summed E-state index contributed by atoms with van der Waals surface area (Å²) in [5.41, 5.74) is -0.179. The number of aromatic nitrogens is 1. The van der Waals surface area contributed by atoms with E-state index in [0.29, 0.717) is 12.4 Å². The zero-order valence-corrected chi connectivity index (χ0v) is 10.9. The molecule has 100 valence electrons. The summed E-state index contributed by atoms with van der Waals surface area (Å²) < 4.78 is 0. The number of pyridine rings is 1. The molecule has 0 amide bonds. The Morgan fingerprint density at radius 1 is 1.63 bits per heavy atom. The predicted octanol–water partition coefficient (Wildman–Crippen LogP) is 1.05. The van der Waals surface area contributed by atoms with Crippen LogP contribution in [0, 0.1) is 21.4 Å². The lowest BCUT2D eigenvalue weighted by Crippen LogP contribution is -2.58. The molecule has 2 rings (SSSR count). The molecular formula is C12H15N5O2. The topological polar surface area (TPSA) is 95.1 Å². The molecule has 7 nitrogen and oxygen atoms in total. The second-order valence-corrected chi connectivity index (χ2v) is 5.08. The molecule has 1 aromatic heterocycles. The van der Waals surface area contributed by atoms with Crippen LogP contribution in [0.4, 0.5) is 11.5 Å². The van der Waals surface area contributed by atoms with Gasteiger partial charge in [-0.15, -0.1) is 0 Å². The molecule has 1 aromatic rings. The first-order chi connectivity index (χ1) is 8.95. The molecule has 2 heterocycles. The fourth-order valence-electron chi connectivity index (χ4n) is 2.23. The van der Waals surface area contributed by atoms with Crippen LogP contribution in [0.2, 0.25) is 0 Å². The Hall–Kier alpha value is -2.20. The van der Waals surface area contributed by atoms with Gasteiger partial charge in [-0.2, -0.15) is 5.26 Å². The summed E-state index contributed by atoms with van der Waals surface area (Å²) in [6.07, 6.45) is 1.38. The van der Waals surface area contributed by atoms with Crippen LogP contribution in [0.15, 0.2) is 12.3 Å². The van der Waals surface area contributed by atoms with E-state index in [9.17, 15) is 10.1 Å². The molecule has 0 spiro atoms. The lowest BCUT2D eigenvalue weighted by molar-refractivity contribution is -0.384. The molecule has 1 aliphatic heterocycles. The van der Waals surface area contributed by atoms with Crippen molar-refractivity contribution in [2.75, 3.05) is 24.5 Å². The molecule has 0 aromatic carbocycles. The Balaban J connectivity index is 2.49. The van der Waals surface area contributed by atoms with Crippen molar-refractivity contribution in [3.63, 3.8) is 0 Å². The first-order valence-electron chi connectivity index (χ1n) is 5.98. The number of piperazine rings is 1. The highest BCUT2D eigenvalue weighted by molar-refractivity contribution is 5.61. The summed E-state index contributed by atoms with van der Waals surface area (Å²) in [6.45, 7) is 6.13. The number of nitrogens with one attached hydrogen (secondary N) is 1. The van der Waals surface area contributed by atoms with E-state index in [0.717, 1.165) is 13.1 Å². The van der Waals surface area contributed by atoms with E-state index >= 15 is 0 Å². The van der Waals surface area contributed by atoms with Gasteiger partial charge in [0.15, 0.2) is 0 Å². The van der Waals surface area contributed by atoms with Crippen LogP contribution in [-0.2, 0) is 0 Å². The van der Waals surface area contributed by atoms with Gasteiger partial charge in [-0.1, -0.05) is 0 Å². The second kappa shape index (κ2) is 4.82.